The van der Waals surface area contributed by atoms with Gasteiger partial charge in [-0.15, -0.1) is 0 Å². The molecule has 5 aromatic rings. The number of carbonyl (C=O) groups is 1. The van der Waals surface area contributed by atoms with Gasteiger partial charge in [-0.05, 0) is 47.5 Å². The molecule has 0 aliphatic carbocycles. The van der Waals surface area contributed by atoms with Gasteiger partial charge in [-0.2, -0.15) is 0 Å². The second-order valence-electron chi connectivity index (χ2n) is 8.13. The lowest BCUT2D eigenvalue weighted by molar-refractivity contribution is -0.122. The number of amides is 1. The van der Waals surface area contributed by atoms with Crippen molar-refractivity contribution in [3.63, 3.8) is 0 Å². The third-order valence-electron chi connectivity index (χ3n) is 6.07. The molecule has 0 saturated heterocycles. The van der Waals surface area contributed by atoms with Crippen LogP contribution in [0.5, 0.6) is 5.75 Å². The highest BCUT2D eigenvalue weighted by atomic mass is 16.5. The van der Waals surface area contributed by atoms with Crippen molar-refractivity contribution in [1.82, 2.24) is 9.88 Å². The zero-order valence-corrected chi connectivity index (χ0v) is 18.8. The van der Waals surface area contributed by atoms with E-state index in [1.807, 2.05) is 108 Å². The maximum atomic E-state index is 13.4. The van der Waals surface area contributed by atoms with Crippen LogP contribution in [0, 0.1) is 0 Å². The molecule has 1 atom stereocenters. The standard InChI is InChI=1S/C29H24N2O3/c1-34-22-17-15-21(16-18-22)28(20-9-3-2-4-10-20)30-27(32)19-31-25-13-7-5-11-23(25)29(33)24-12-6-8-14-26(24)31/h2-18,28H,19H2,1H3,(H,30,32). The van der Waals surface area contributed by atoms with Gasteiger partial charge in [0.25, 0.3) is 0 Å². The Bertz CT molecular complexity index is 1460. The molecule has 5 rings (SSSR count). The summed E-state index contributed by atoms with van der Waals surface area (Å²) in [4.78, 5) is 26.4. The summed E-state index contributed by atoms with van der Waals surface area (Å²) in [7, 11) is 1.63. The fourth-order valence-electron chi connectivity index (χ4n) is 4.40. The Balaban J connectivity index is 1.54. The van der Waals surface area contributed by atoms with Crippen molar-refractivity contribution in [2.45, 2.75) is 12.6 Å². The lowest BCUT2D eigenvalue weighted by Gasteiger charge is -2.22. The predicted octanol–water partition coefficient (Wildman–Crippen LogP) is 5.07. The summed E-state index contributed by atoms with van der Waals surface area (Å²) in [5, 5.41) is 4.40. The van der Waals surface area contributed by atoms with E-state index in [2.05, 4.69) is 5.32 Å². The number of hydrogen-bond donors (Lipinski definition) is 1. The molecule has 1 heterocycles. The molecule has 1 N–H and O–H groups in total. The molecule has 4 aromatic carbocycles. The predicted molar refractivity (Wildman–Crippen MR) is 135 cm³/mol. The number of rotatable bonds is 6. The van der Waals surface area contributed by atoms with E-state index < -0.39 is 0 Å². The second kappa shape index (κ2) is 9.24. The molecule has 0 bridgehead atoms. The zero-order chi connectivity index (χ0) is 23.5. The number of fused-ring (bicyclic) bond motifs is 2. The van der Waals surface area contributed by atoms with E-state index in [1.54, 1.807) is 7.11 Å². The fraction of sp³-hybridized carbons (Fsp3) is 0.103. The van der Waals surface area contributed by atoms with Crippen LogP contribution in [-0.4, -0.2) is 17.6 Å². The van der Waals surface area contributed by atoms with Crippen molar-refractivity contribution in [3.8, 4) is 5.75 Å². The minimum atomic E-state index is -0.323. The molecule has 1 aromatic heterocycles. The lowest BCUT2D eigenvalue weighted by Crippen LogP contribution is -2.32. The van der Waals surface area contributed by atoms with E-state index in [-0.39, 0.29) is 23.9 Å². The van der Waals surface area contributed by atoms with Crippen molar-refractivity contribution in [2.75, 3.05) is 7.11 Å². The van der Waals surface area contributed by atoms with E-state index >= 15 is 0 Å². The van der Waals surface area contributed by atoms with Crippen molar-refractivity contribution in [3.05, 3.63) is 124 Å². The number of para-hydroxylation sites is 2. The first-order chi connectivity index (χ1) is 16.7. The van der Waals surface area contributed by atoms with Gasteiger partial charge < -0.3 is 14.6 Å². The molecule has 5 nitrogen and oxygen atoms in total. The number of benzene rings is 4. The Morgan fingerprint density at radius 3 is 1.88 bits per heavy atom. The molecule has 0 aliphatic heterocycles. The van der Waals surface area contributed by atoms with Crippen molar-refractivity contribution < 1.29 is 9.53 Å². The second-order valence-corrected chi connectivity index (χ2v) is 8.13. The van der Waals surface area contributed by atoms with Gasteiger partial charge >= 0.3 is 0 Å². The minimum Gasteiger partial charge on any atom is -0.497 e. The highest BCUT2D eigenvalue weighted by Crippen LogP contribution is 2.25. The molecule has 5 heteroatoms. The minimum absolute atomic E-state index is 0.0248. The number of nitrogens with one attached hydrogen (secondary N) is 1. The SMILES string of the molecule is COc1ccc(C(NC(=O)Cn2c3ccccc3c(=O)c3ccccc32)c2ccccc2)cc1. The summed E-state index contributed by atoms with van der Waals surface area (Å²) >= 11 is 0. The quantitative estimate of drug-likeness (QED) is 0.369. The van der Waals surface area contributed by atoms with E-state index in [0.29, 0.717) is 10.8 Å². The summed E-state index contributed by atoms with van der Waals surface area (Å²) < 4.78 is 7.20. The molecule has 0 radical (unpaired) electrons. The first-order valence-electron chi connectivity index (χ1n) is 11.1. The smallest absolute Gasteiger partial charge is 0.240 e. The zero-order valence-electron chi connectivity index (χ0n) is 18.8. The number of pyridine rings is 1. The van der Waals surface area contributed by atoms with Gasteiger partial charge in [-0.1, -0.05) is 66.7 Å². The first kappa shape index (κ1) is 21.5. The van der Waals surface area contributed by atoms with E-state index in [0.717, 1.165) is 27.9 Å². The van der Waals surface area contributed by atoms with Crippen LogP contribution in [0.1, 0.15) is 17.2 Å². The van der Waals surface area contributed by atoms with E-state index in [4.69, 9.17) is 4.74 Å². The number of ether oxygens (including phenoxy) is 1. The first-order valence-corrected chi connectivity index (χ1v) is 11.1. The highest BCUT2D eigenvalue weighted by Gasteiger charge is 2.19. The van der Waals surface area contributed by atoms with Crippen molar-refractivity contribution >= 4 is 27.7 Å². The number of hydrogen-bond acceptors (Lipinski definition) is 3. The Hall–Kier alpha value is -4.38. The van der Waals surface area contributed by atoms with Crippen LogP contribution in [0.25, 0.3) is 21.8 Å². The normalized spacial score (nSPS) is 11.9. The molecular weight excluding hydrogens is 424 g/mol. The van der Waals surface area contributed by atoms with Gasteiger partial charge in [0, 0.05) is 10.8 Å². The summed E-state index contributed by atoms with van der Waals surface area (Å²) in [6.07, 6.45) is 0. The Morgan fingerprint density at radius 2 is 1.29 bits per heavy atom. The molecule has 0 saturated carbocycles. The van der Waals surface area contributed by atoms with Crippen molar-refractivity contribution in [1.29, 1.82) is 0 Å². The number of carbonyl (C=O) groups excluding carboxylic acids is 1. The maximum absolute atomic E-state index is 13.4. The van der Waals surface area contributed by atoms with Crippen LogP contribution in [0.3, 0.4) is 0 Å². The third kappa shape index (κ3) is 4.04. The van der Waals surface area contributed by atoms with Crippen molar-refractivity contribution in [2.24, 2.45) is 0 Å². The van der Waals surface area contributed by atoms with Crippen LogP contribution in [0.4, 0.5) is 0 Å². The molecular formula is C29H24N2O3. The van der Waals surface area contributed by atoms with Crippen LogP contribution in [0.2, 0.25) is 0 Å². The van der Waals surface area contributed by atoms with Gasteiger partial charge in [0.05, 0.1) is 24.2 Å². The average Bonchev–Trinajstić information content (AvgIpc) is 2.90. The molecule has 0 fully saturated rings. The Kier molecular flexibility index (Phi) is 5.83. The molecule has 0 spiro atoms. The number of aromatic nitrogens is 1. The molecule has 168 valence electrons. The largest absolute Gasteiger partial charge is 0.497 e. The molecule has 0 aliphatic rings. The average molecular weight is 449 g/mol. The Morgan fingerprint density at radius 1 is 0.765 bits per heavy atom. The van der Waals surface area contributed by atoms with E-state index in [9.17, 15) is 9.59 Å². The fourth-order valence-corrected chi connectivity index (χ4v) is 4.40. The molecule has 1 unspecified atom stereocenters. The summed E-state index contributed by atoms with van der Waals surface area (Å²) in [6.45, 7) is 0.0841. The van der Waals surface area contributed by atoms with Gasteiger partial charge in [-0.3, -0.25) is 9.59 Å². The Labute approximate surface area is 197 Å². The molecule has 34 heavy (non-hydrogen) atoms. The summed E-state index contributed by atoms with van der Waals surface area (Å²) in [5.41, 5.74) is 3.39. The monoisotopic (exact) mass is 448 g/mol. The topological polar surface area (TPSA) is 60.3 Å². The van der Waals surface area contributed by atoms with Gasteiger partial charge in [0.15, 0.2) is 5.43 Å². The highest BCUT2D eigenvalue weighted by molar-refractivity contribution is 5.94. The summed E-state index contributed by atoms with van der Waals surface area (Å²) in [6, 6.07) is 32.1. The maximum Gasteiger partial charge on any atom is 0.240 e. The lowest BCUT2D eigenvalue weighted by atomic mass is 9.98. The molecule has 1 amide bonds. The van der Waals surface area contributed by atoms with Crippen LogP contribution < -0.4 is 15.5 Å². The van der Waals surface area contributed by atoms with Crippen LogP contribution >= 0.6 is 0 Å². The van der Waals surface area contributed by atoms with Crippen LogP contribution in [0.15, 0.2) is 108 Å². The number of methoxy groups -OCH3 is 1. The van der Waals surface area contributed by atoms with Gasteiger partial charge in [0.2, 0.25) is 5.91 Å². The third-order valence-corrected chi connectivity index (χ3v) is 6.07. The van der Waals surface area contributed by atoms with Gasteiger partial charge in [0.1, 0.15) is 12.3 Å². The summed E-state index contributed by atoms with van der Waals surface area (Å²) in [5.74, 6) is 0.608. The van der Waals surface area contributed by atoms with E-state index in [1.165, 1.54) is 0 Å². The number of nitrogens with zero attached hydrogens (tertiary/aromatic N) is 1. The van der Waals surface area contributed by atoms with Gasteiger partial charge in [-0.25, -0.2) is 0 Å². The van der Waals surface area contributed by atoms with Crippen LogP contribution in [-0.2, 0) is 11.3 Å².